The van der Waals surface area contributed by atoms with Crippen LogP contribution in [-0.2, 0) is 0 Å². The minimum atomic E-state index is -0.134. The zero-order valence-corrected chi connectivity index (χ0v) is 14.5. The van der Waals surface area contributed by atoms with E-state index in [-0.39, 0.29) is 5.56 Å². The highest BCUT2D eigenvalue weighted by atomic mass is 32.1. The molecule has 0 atom stereocenters. The fraction of sp³-hybridized carbons (Fsp3) is 0.0625. The lowest BCUT2D eigenvalue weighted by Gasteiger charge is -1.99. The van der Waals surface area contributed by atoms with Crippen molar-refractivity contribution in [3.05, 3.63) is 61.5 Å². The zero-order chi connectivity index (χ0) is 15.8. The summed E-state index contributed by atoms with van der Waals surface area (Å²) in [5, 5.41) is 10.9. The van der Waals surface area contributed by atoms with E-state index in [0.717, 1.165) is 25.7 Å². The van der Waals surface area contributed by atoms with E-state index in [0.29, 0.717) is 5.39 Å². The summed E-state index contributed by atoms with van der Waals surface area (Å²) in [6.45, 7) is 2.02. The first-order valence-electron chi connectivity index (χ1n) is 6.85. The van der Waals surface area contributed by atoms with Crippen molar-refractivity contribution in [2.45, 2.75) is 6.92 Å². The van der Waals surface area contributed by atoms with Gasteiger partial charge in [0.05, 0.1) is 16.5 Å². The molecule has 0 spiro atoms. The lowest BCUT2D eigenvalue weighted by Crippen LogP contribution is -2.16. The maximum absolute atomic E-state index is 12.8. The third-order valence-electron chi connectivity index (χ3n) is 3.47. The third kappa shape index (κ3) is 2.56. The van der Waals surface area contributed by atoms with E-state index in [1.165, 1.54) is 22.3 Å². The van der Waals surface area contributed by atoms with Gasteiger partial charge in [-0.25, -0.2) is 4.98 Å². The van der Waals surface area contributed by atoms with Crippen molar-refractivity contribution in [3.63, 3.8) is 0 Å². The summed E-state index contributed by atoms with van der Waals surface area (Å²) < 4.78 is 1.31. The molecular weight excluding hydrogens is 346 g/mol. The molecule has 4 heterocycles. The van der Waals surface area contributed by atoms with E-state index in [9.17, 15) is 4.79 Å². The maximum atomic E-state index is 12.8. The Morgan fingerprint density at radius 2 is 2.13 bits per heavy atom. The summed E-state index contributed by atoms with van der Waals surface area (Å²) in [7, 11) is 0. The van der Waals surface area contributed by atoms with E-state index in [1.54, 1.807) is 28.9 Å². The molecule has 0 saturated carbocycles. The van der Waals surface area contributed by atoms with Crippen molar-refractivity contribution in [3.8, 4) is 10.4 Å². The van der Waals surface area contributed by atoms with Gasteiger partial charge in [-0.3, -0.25) is 4.79 Å². The zero-order valence-electron chi connectivity index (χ0n) is 12.1. The summed E-state index contributed by atoms with van der Waals surface area (Å²) in [6, 6.07) is 6.03. The number of hydrogen-bond acceptors (Lipinski definition) is 6. The van der Waals surface area contributed by atoms with E-state index in [1.807, 2.05) is 41.3 Å². The molecule has 7 heteroatoms. The van der Waals surface area contributed by atoms with Crippen LogP contribution in [-0.4, -0.2) is 15.9 Å². The minimum Gasteiger partial charge on any atom is -0.267 e. The standard InChI is InChI=1S/C16H11N3OS3/c1-10-4-6-22-13(10)7-18-19-9-17-15-14(16(19)20)11(8-23-15)12-3-2-5-21-12/h2-9H,1H3/b18-7-. The van der Waals surface area contributed by atoms with Crippen molar-refractivity contribution in [1.82, 2.24) is 9.66 Å². The Bertz CT molecular complexity index is 1050. The molecule has 4 aromatic rings. The van der Waals surface area contributed by atoms with Gasteiger partial charge in [-0.2, -0.15) is 9.78 Å². The van der Waals surface area contributed by atoms with Crippen LogP contribution < -0.4 is 5.56 Å². The molecule has 0 aliphatic heterocycles. The Hall–Kier alpha value is -2.09. The Kier molecular flexibility index (Phi) is 3.68. The highest BCUT2D eigenvalue weighted by molar-refractivity contribution is 7.18. The molecule has 0 amide bonds. The smallest absolute Gasteiger partial charge is 0.267 e. The van der Waals surface area contributed by atoms with Gasteiger partial charge in [0.25, 0.3) is 5.56 Å². The topological polar surface area (TPSA) is 47.2 Å². The molecule has 0 fully saturated rings. The number of fused-ring (bicyclic) bond motifs is 1. The summed E-state index contributed by atoms with van der Waals surface area (Å²) in [5.74, 6) is 0. The van der Waals surface area contributed by atoms with Crippen LogP contribution in [0.4, 0.5) is 0 Å². The van der Waals surface area contributed by atoms with Crippen LogP contribution in [0.2, 0.25) is 0 Å². The lowest BCUT2D eigenvalue weighted by atomic mass is 10.2. The molecule has 0 bridgehead atoms. The normalized spacial score (nSPS) is 11.7. The molecule has 4 rings (SSSR count). The highest BCUT2D eigenvalue weighted by Crippen LogP contribution is 2.33. The molecule has 0 saturated heterocycles. The quantitative estimate of drug-likeness (QED) is 0.509. The summed E-state index contributed by atoms with van der Waals surface area (Å²) in [5.41, 5.74) is 1.95. The van der Waals surface area contributed by atoms with E-state index >= 15 is 0 Å². The molecule has 0 aliphatic carbocycles. The van der Waals surface area contributed by atoms with Crippen LogP contribution in [0.5, 0.6) is 0 Å². The summed E-state index contributed by atoms with van der Waals surface area (Å²) in [6.07, 6.45) is 3.20. The molecule has 0 unspecified atom stereocenters. The van der Waals surface area contributed by atoms with Gasteiger partial charge in [0, 0.05) is 15.8 Å². The molecule has 0 radical (unpaired) electrons. The van der Waals surface area contributed by atoms with Crippen LogP contribution in [0, 0.1) is 6.92 Å². The van der Waals surface area contributed by atoms with Crippen LogP contribution in [0.1, 0.15) is 10.4 Å². The Morgan fingerprint density at radius 3 is 2.87 bits per heavy atom. The molecule has 0 aliphatic rings. The number of hydrogen-bond donors (Lipinski definition) is 0. The van der Waals surface area contributed by atoms with Crippen molar-refractivity contribution >= 4 is 50.4 Å². The predicted molar refractivity (Wildman–Crippen MR) is 99.2 cm³/mol. The van der Waals surface area contributed by atoms with Crippen molar-refractivity contribution in [2.24, 2.45) is 5.10 Å². The first kappa shape index (κ1) is 14.5. The fourth-order valence-electron chi connectivity index (χ4n) is 2.25. The Morgan fingerprint density at radius 1 is 1.22 bits per heavy atom. The number of aromatic nitrogens is 2. The number of aryl methyl sites for hydroxylation is 1. The van der Waals surface area contributed by atoms with Gasteiger partial charge in [0.1, 0.15) is 11.2 Å². The SMILES string of the molecule is Cc1ccsc1/C=N\n1cnc2scc(-c3cccs3)c2c1=O. The summed E-state index contributed by atoms with van der Waals surface area (Å²) in [4.78, 5) is 20.0. The van der Waals surface area contributed by atoms with E-state index in [4.69, 9.17) is 0 Å². The van der Waals surface area contributed by atoms with Gasteiger partial charge in [0.15, 0.2) is 0 Å². The van der Waals surface area contributed by atoms with Gasteiger partial charge in [-0.05, 0) is 35.4 Å². The molecule has 23 heavy (non-hydrogen) atoms. The molecule has 114 valence electrons. The third-order valence-corrected chi connectivity index (χ3v) is 6.21. The predicted octanol–water partition coefficient (Wildman–Crippen LogP) is 4.44. The highest BCUT2D eigenvalue weighted by Gasteiger charge is 2.13. The van der Waals surface area contributed by atoms with Crippen molar-refractivity contribution < 1.29 is 0 Å². The molecule has 4 nitrogen and oxygen atoms in total. The van der Waals surface area contributed by atoms with Crippen molar-refractivity contribution in [2.75, 3.05) is 0 Å². The molecular formula is C16H11N3OS3. The maximum Gasteiger partial charge on any atom is 0.283 e. The largest absolute Gasteiger partial charge is 0.283 e. The molecule has 0 aromatic carbocycles. The van der Waals surface area contributed by atoms with Crippen LogP contribution in [0.15, 0.2) is 50.6 Å². The van der Waals surface area contributed by atoms with Gasteiger partial charge in [-0.1, -0.05) is 6.07 Å². The number of rotatable bonds is 3. The second-order valence-corrected chi connectivity index (χ2v) is 7.67. The van der Waals surface area contributed by atoms with Crippen molar-refractivity contribution in [1.29, 1.82) is 0 Å². The van der Waals surface area contributed by atoms with Crippen LogP contribution in [0.3, 0.4) is 0 Å². The fourth-order valence-corrected chi connectivity index (χ4v) is 4.75. The average Bonchev–Trinajstić information content (AvgIpc) is 3.26. The second-order valence-electron chi connectivity index (χ2n) is 4.91. The first-order chi connectivity index (χ1) is 11.2. The second kappa shape index (κ2) is 5.84. The minimum absolute atomic E-state index is 0.134. The number of nitrogens with zero attached hydrogens (tertiary/aromatic N) is 3. The van der Waals surface area contributed by atoms with Crippen LogP contribution >= 0.6 is 34.0 Å². The average molecular weight is 357 g/mol. The van der Waals surface area contributed by atoms with Gasteiger partial charge >= 0.3 is 0 Å². The Balaban J connectivity index is 1.85. The van der Waals surface area contributed by atoms with Crippen LogP contribution in [0.25, 0.3) is 20.7 Å². The Labute approximate surface area is 144 Å². The molecule has 4 aromatic heterocycles. The summed E-state index contributed by atoms with van der Waals surface area (Å²) >= 11 is 4.70. The van der Waals surface area contributed by atoms with Gasteiger partial charge in [0.2, 0.25) is 0 Å². The number of thiophene rings is 3. The monoisotopic (exact) mass is 357 g/mol. The lowest BCUT2D eigenvalue weighted by molar-refractivity contribution is 0.819. The van der Waals surface area contributed by atoms with E-state index < -0.39 is 0 Å². The van der Waals surface area contributed by atoms with Gasteiger partial charge in [-0.15, -0.1) is 34.0 Å². The first-order valence-corrected chi connectivity index (χ1v) is 9.49. The molecule has 0 N–H and O–H groups in total. The van der Waals surface area contributed by atoms with E-state index in [2.05, 4.69) is 10.1 Å². The van der Waals surface area contributed by atoms with Gasteiger partial charge < -0.3 is 0 Å².